The lowest BCUT2D eigenvalue weighted by Crippen LogP contribution is -2.43. The van der Waals surface area contributed by atoms with E-state index in [0.717, 1.165) is 17.0 Å². The maximum absolute atomic E-state index is 13.1. The molecule has 1 aliphatic rings. The number of aromatic nitrogens is 4. The molecule has 8 heteroatoms. The van der Waals surface area contributed by atoms with Gasteiger partial charge >= 0.3 is 0 Å². The largest absolute Gasteiger partial charge is 0.377 e. The van der Waals surface area contributed by atoms with Crippen molar-refractivity contribution < 1.29 is 14.1 Å². The Labute approximate surface area is 182 Å². The maximum Gasteiger partial charge on any atom is 0.226 e. The van der Waals surface area contributed by atoms with Gasteiger partial charge < -0.3 is 14.2 Å². The van der Waals surface area contributed by atoms with Crippen molar-refractivity contribution in [1.82, 2.24) is 24.8 Å². The van der Waals surface area contributed by atoms with Crippen molar-refractivity contribution in [1.29, 1.82) is 0 Å². The van der Waals surface area contributed by atoms with Gasteiger partial charge in [0, 0.05) is 30.6 Å². The van der Waals surface area contributed by atoms with Gasteiger partial charge in [-0.25, -0.2) is 0 Å². The van der Waals surface area contributed by atoms with Gasteiger partial charge in [-0.3, -0.25) is 9.48 Å². The summed E-state index contributed by atoms with van der Waals surface area (Å²) in [5.41, 5.74) is 4.32. The normalized spacial score (nSPS) is 16.6. The third-order valence-electron chi connectivity index (χ3n) is 5.75. The van der Waals surface area contributed by atoms with Gasteiger partial charge in [0.1, 0.15) is 0 Å². The smallest absolute Gasteiger partial charge is 0.226 e. The number of carbonyl (C=O) groups excluding carboxylic acids is 1. The maximum atomic E-state index is 13.1. The number of nitrogens with zero attached hydrogens (tertiary/aromatic N) is 5. The Kier molecular flexibility index (Phi) is 6.46. The fraction of sp³-hybridized carbons (Fsp3) is 0.478. The van der Waals surface area contributed by atoms with Crippen molar-refractivity contribution in [3.63, 3.8) is 0 Å². The van der Waals surface area contributed by atoms with Gasteiger partial charge in [-0.15, -0.1) is 0 Å². The van der Waals surface area contributed by atoms with Gasteiger partial charge in [0.05, 0.1) is 31.5 Å². The van der Waals surface area contributed by atoms with Gasteiger partial charge in [0.25, 0.3) is 0 Å². The van der Waals surface area contributed by atoms with Crippen LogP contribution in [0.2, 0.25) is 0 Å². The summed E-state index contributed by atoms with van der Waals surface area (Å²) in [4.78, 5) is 19.2. The zero-order chi connectivity index (χ0) is 21.8. The number of morpholine rings is 1. The molecule has 0 radical (unpaired) electrons. The minimum absolute atomic E-state index is 0.114. The molecular formula is C23H29N5O3. The highest BCUT2D eigenvalue weighted by Crippen LogP contribution is 2.30. The van der Waals surface area contributed by atoms with E-state index in [9.17, 15) is 4.79 Å². The molecule has 0 N–H and O–H groups in total. The van der Waals surface area contributed by atoms with Crippen LogP contribution in [0.1, 0.15) is 53.1 Å². The van der Waals surface area contributed by atoms with E-state index in [-0.39, 0.29) is 11.9 Å². The number of rotatable bonds is 7. The molecule has 0 aliphatic carbocycles. The number of amides is 1. The molecule has 3 heterocycles. The van der Waals surface area contributed by atoms with Crippen molar-refractivity contribution in [3.05, 3.63) is 64.6 Å². The predicted octanol–water partition coefficient (Wildman–Crippen LogP) is 3.16. The summed E-state index contributed by atoms with van der Waals surface area (Å²) in [6, 6.07) is 10.2. The van der Waals surface area contributed by atoms with Crippen LogP contribution in [-0.2, 0) is 22.5 Å². The van der Waals surface area contributed by atoms with Gasteiger partial charge in [-0.1, -0.05) is 35.5 Å². The van der Waals surface area contributed by atoms with Crippen LogP contribution in [0.15, 0.2) is 34.9 Å². The molecule has 1 saturated heterocycles. The Morgan fingerprint density at radius 1 is 1.19 bits per heavy atom. The first-order valence-electron chi connectivity index (χ1n) is 10.8. The van der Waals surface area contributed by atoms with Gasteiger partial charge in [-0.05, 0) is 32.8 Å². The standard InChI is InChI=1S/C23H29N5O3/c1-16-23(17(2)28(25-16)14-19-8-5-4-6-9-19)20-15-30-13-12-27(20)22(29)11-7-10-21-24-18(3)26-31-21/h4-6,8-9,20H,7,10-15H2,1-3H3. The highest BCUT2D eigenvalue weighted by molar-refractivity contribution is 5.77. The molecule has 0 bridgehead atoms. The Hall–Kier alpha value is -3.00. The third kappa shape index (κ3) is 4.85. The van der Waals surface area contributed by atoms with Crippen LogP contribution in [-0.4, -0.2) is 50.5 Å². The second-order valence-electron chi connectivity index (χ2n) is 7.99. The van der Waals surface area contributed by atoms with Crippen molar-refractivity contribution >= 4 is 5.91 Å². The number of aryl methyl sites for hydroxylation is 3. The molecule has 2 aromatic heterocycles. The Bertz CT molecular complexity index is 1030. The fourth-order valence-electron chi connectivity index (χ4n) is 4.22. The molecule has 164 valence electrons. The lowest BCUT2D eigenvalue weighted by Gasteiger charge is -2.36. The molecule has 1 aromatic carbocycles. The van der Waals surface area contributed by atoms with E-state index in [0.29, 0.717) is 57.3 Å². The summed E-state index contributed by atoms with van der Waals surface area (Å²) in [5, 5.41) is 8.57. The number of benzene rings is 1. The average Bonchev–Trinajstić information content (AvgIpc) is 3.30. The van der Waals surface area contributed by atoms with Crippen molar-refractivity contribution in [2.75, 3.05) is 19.8 Å². The van der Waals surface area contributed by atoms with Crippen LogP contribution in [0.5, 0.6) is 0 Å². The van der Waals surface area contributed by atoms with Gasteiger partial charge in [-0.2, -0.15) is 10.1 Å². The lowest BCUT2D eigenvalue weighted by molar-refractivity contribution is -0.140. The van der Waals surface area contributed by atoms with Crippen LogP contribution in [0.25, 0.3) is 0 Å². The van der Waals surface area contributed by atoms with Crippen LogP contribution < -0.4 is 0 Å². The first-order valence-corrected chi connectivity index (χ1v) is 10.8. The minimum atomic E-state index is -0.114. The van der Waals surface area contributed by atoms with Crippen LogP contribution in [0, 0.1) is 20.8 Å². The van der Waals surface area contributed by atoms with Crippen molar-refractivity contribution in [2.45, 2.75) is 52.6 Å². The number of carbonyl (C=O) groups is 1. The number of hydrogen-bond acceptors (Lipinski definition) is 6. The van der Waals surface area contributed by atoms with E-state index >= 15 is 0 Å². The summed E-state index contributed by atoms with van der Waals surface area (Å²) in [5.74, 6) is 1.32. The van der Waals surface area contributed by atoms with Crippen LogP contribution >= 0.6 is 0 Å². The first kappa shape index (κ1) is 21.2. The number of ether oxygens (including phenoxy) is 1. The van der Waals surface area contributed by atoms with E-state index in [4.69, 9.17) is 14.4 Å². The molecule has 31 heavy (non-hydrogen) atoms. The molecular weight excluding hydrogens is 394 g/mol. The molecule has 0 spiro atoms. The monoisotopic (exact) mass is 423 g/mol. The predicted molar refractivity (Wildman–Crippen MR) is 114 cm³/mol. The molecule has 1 fully saturated rings. The summed E-state index contributed by atoms with van der Waals surface area (Å²) in [6.07, 6.45) is 1.72. The minimum Gasteiger partial charge on any atom is -0.377 e. The lowest BCUT2D eigenvalue weighted by atomic mass is 10.0. The second-order valence-corrected chi connectivity index (χ2v) is 7.99. The second kappa shape index (κ2) is 9.43. The number of hydrogen-bond donors (Lipinski definition) is 0. The quantitative estimate of drug-likeness (QED) is 0.580. The molecule has 1 unspecified atom stereocenters. The van der Waals surface area contributed by atoms with Crippen LogP contribution in [0.3, 0.4) is 0 Å². The summed E-state index contributed by atoms with van der Waals surface area (Å²) in [7, 11) is 0. The fourth-order valence-corrected chi connectivity index (χ4v) is 4.22. The summed E-state index contributed by atoms with van der Waals surface area (Å²) < 4.78 is 12.9. The topological polar surface area (TPSA) is 86.3 Å². The van der Waals surface area contributed by atoms with Crippen molar-refractivity contribution in [2.24, 2.45) is 0 Å². The van der Waals surface area contributed by atoms with Gasteiger partial charge in [0.2, 0.25) is 11.8 Å². The Morgan fingerprint density at radius 3 is 2.74 bits per heavy atom. The molecule has 1 amide bonds. The Morgan fingerprint density at radius 2 is 2.00 bits per heavy atom. The van der Waals surface area contributed by atoms with Crippen LogP contribution in [0.4, 0.5) is 0 Å². The van der Waals surface area contributed by atoms with E-state index in [1.165, 1.54) is 5.56 Å². The summed E-state index contributed by atoms with van der Waals surface area (Å²) >= 11 is 0. The highest BCUT2D eigenvalue weighted by atomic mass is 16.5. The van der Waals surface area contributed by atoms with Crippen molar-refractivity contribution in [3.8, 4) is 0 Å². The van der Waals surface area contributed by atoms with E-state index < -0.39 is 0 Å². The van der Waals surface area contributed by atoms with E-state index in [1.807, 2.05) is 34.7 Å². The zero-order valence-electron chi connectivity index (χ0n) is 18.4. The molecule has 1 atom stereocenters. The Balaban J connectivity index is 1.47. The highest BCUT2D eigenvalue weighted by Gasteiger charge is 2.32. The third-order valence-corrected chi connectivity index (χ3v) is 5.75. The van der Waals surface area contributed by atoms with E-state index in [1.54, 1.807) is 6.92 Å². The SMILES string of the molecule is Cc1noc(CCCC(=O)N2CCOCC2c2c(C)nn(Cc3ccccc3)c2C)n1. The zero-order valence-corrected chi connectivity index (χ0v) is 18.4. The van der Waals surface area contributed by atoms with E-state index in [2.05, 4.69) is 29.2 Å². The molecule has 3 aromatic rings. The molecule has 8 nitrogen and oxygen atoms in total. The van der Waals surface area contributed by atoms with Gasteiger partial charge in [0.15, 0.2) is 5.82 Å². The first-order chi connectivity index (χ1) is 15.0. The average molecular weight is 424 g/mol. The molecule has 4 rings (SSSR count). The molecule has 1 aliphatic heterocycles. The summed E-state index contributed by atoms with van der Waals surface area (Å²) in [6.45, 7) is 8.23. The molecule has 0 saturated carbocycles.